The lowest BCUT2D eigenvalue weighted by atomic mass is 10.2. The van der Waals surface area contributed by atoms with Gasteiger partial charge in [-0.1, -0.05) is 24.3 Å². The van der Waals surface area contributed by atoms with Crippen molar-refractivity contribution in [3.8, 4) is 0 Å². The maximum absolute atomic E-state index is 5.19. The molecule has 160 valence electrons. The zero-order chi connectivity index (χ0) is 21.8. The number of hydrogen-bond donors (Lipinski definition) is 2. The molecule has 0 atom stereocenters. The molecule has 2 rings (SSSR count). The van der Waals surface area contributed by atoms with E-state index in [1.807, 2.05) is 24.3 Å². The van der Waals surface area contributed by atoms with Gasteiger partial charge in [-0.15, -0.1) is 0 Å². The molecular formula is C23H32N6S. The zero-order valence-electron chi connectivity index (χ0n) is 18.3. The third-order valence-electron chi connectivity index (χ3n) is 4.80. The van der Waals surface area contributed by atoms with Crippen molar-refractivity contribution in [1.82, 2.24) is 10.9 Å². The van der Waals surface area contributed by atoms with Crippen molar-refractivity contribution in [2.75, 3.05) is 36.0 Å². The van der Waals surface area contributed by atoms with E-state index in [1.54, 1.807) is 12.4 Å². The summed E-state index contributed by atoms with van der Waals surface area (Å²) in [6.07, 6.45) is 3.46. The molecule has 0 unspecified atom stereocenters. The minimum absolute atomic E-state index is 0.335. The summed E-state index contributed by atoms with van der Waals surface area (Å²) in [6.45, 7) is 12.6. The van der Waals surface area contributed by atoms with E-state index in [9.17, 15) is 0 Å². The fourth-order valence-corrected chi connectivity index (χ4v) is 3.18. The maximum Gasteiger partial charge on any atom is 0.207 e. The van der Waals surface area contributed by atoms with Gasteiger partial charge in [0.1, 0.15) is 0 Å². The molecule has 2 N–H and O–H groups in total. The van der Waals surface area contributed by atoms with E-state index in [0.717, 1.165) is 37.3 Å². The van der Waals surface area contributed by atoms with Gasteiger partial charge < -0.3 is 9.80 Å². The summed E-state index contributed by atoms with van der Waals surface area (Å²) in [5.41, 5.74) is 9.97. The van der Waals surface area contributed by atoms with Crippen molar-refractivity contribution in [2.24, 2.45) is 10.2 Å². The molecule has 0 radical (unpaired) electrons. The molecule has 0 saturated heterocycles. The van der Waals surface area contributed by atoms with E-state index in [-0.39, 0.29) is 0 Å². The van der Waals surface area contributed by atoms with Crippen LogP contribution in [0.15, 0.2) is 58.7 Å². The number of benzene rings is 2. The summed E-state index contributed by atoms with van der Waals surface area (Å²) in [7, 11) is 0. The molecule has 30 heavy (non-hydrogen) atoms. The Morgan fingerprint density at radius 3 is 1.33 bits per heavy atom. The van der Waals surface area contributed by atoms with Crippen molar-refractivity contribution in [3.05, 3.63) is 59.7 Å². The van der Waals surface area contributed by atoms with E-state index in [4.69, 9.17) is 12.2 Å². The van der Waals surface area contributed by atoms with Gasteiger partial charge in [-0.05, 0) is 75.3 Å². The quantitative estimate of drug-likeness (QED) is 0.340. The second-order valence-electron chi connectivity index (χ2n) is 6.60. The monoisotopic (exact) mass is 424 g/mol. The molecule has 0 heterocycles. The Kier molecular flexibility index (Phi) is 9.80. The van der Waals surface area contributed by atoms with Gasteiger partial charge in [-0.2, -0.15) is 10.2 Å². The Bertz CT molecular complexity index is 752. The Hall–Kier alpha value is -2.93. The van der Waals surface area contributed by atoms with E-state index < -0.39 is 0 Å². The summed E-state index contributed by atoms with van der Waals surface area (Å²) in [4.78, 5) is 4.60. The first-order valence-electron chi connectivity index (χ1n) is 10.4. The van der Waals surface area contributed by atoms with E-state index >= 15 is 0 Å². The van der Waals surface area contributed by atoms with E-state index in [0.29, 0.717) is 5.11 Å². The summed E-state index contributed by atoms with van der Waals surface area (Å²) < 4.78 is 0. The Labute approximate surface area is 185 Å². The first-order chi connectivity index (χ1) is 14.6. The van der Waals surface area contributed by atoms with E-state index in [2.05, 4.69) is 82.8 Å². The number of hydrazone groups is 2. The number of hydrogen-bond acceptors (Lipinski definition) is 5. The molecule has 2 aromatic rings. The van der Waals surface area contributed by atoms with Crippen molar-refractivity contribution >= 4 is 41.1 Å². The van der Waals surface area contributed by atoms with Crippen molar-refractivity contribution in [1.29, 1.82) is 0 Å². The molecule has 0 saturated carbocycles. The fraction of sp³-hybridized carbons (Fsp3) is 0.348. The van der Waals surface area contributed by atoms with Gasteiger partial charge >= 0.3 is 0 Å². The maximum atomic E-state index is 5.19. The highest BCUT2D eigenvalue weighted by Gasteiger charge is 2.01. The lowest BCUT2D eigenvalue weighted by Gasteiger charge is -2.20. The molecule has 2 aromatic carbocycles. The smallest absolute Gasteiger partial charge is 0.207 e. The highest BCUT2D eigenvalue weighted by molar-refractivity contribution is 7.80. The first-order valence-corrected chi connectivity index (χ1v) is 10.8. The Morgan fingerprint density at radius 1 is 0.700 bits per heavy atom. The predicted octanol–water partition coefficient (Wildman–Crippen LogP) is 4.21. The highest BCUT2D eigenvalue weighted by Crippen LogP contribution is 2.14. The van der Waals surface area contributed by atoms with Crippen LogP contribution >= 0.6 is 12.2 Å². The lowest BCUT2D eigenvalue weighted by molar-refractivity contribution is 0.866. The van der Waals surface area contributed by atoms with Gasteiger partial charge in [-0.3, -0.25) is 10.9 Å². The average Bonchev–Trinajstić information content (AvgIpc) is 2.77. The molecule has 0 aromatic heterocycles. The molecule has 0 aliphatic heterocycles. The molecule has 0 bridgehead atoms. The fourth-order valence-electron chi connectivity index (χ4n) is 3.08. The number of nitrogens with zero attached hydrogens (tertiary/aromatic N) is 4. The highest BCUT2D eigenvalue weighted by atomic mass is 32.1. The molecule has 0 fully saturated rings. The molecule has 0 aliphatic rings. The van der Waals surface area contributed by atoms with Crippen molar-refractivity contribution < 1.29 is 0 Å². The van der Waals surface area contributed by atoms with Gasteiger partial charge in [0.25, 0.3) is 0 Å². The van der Waals surface area contributed by atoms with Gasteiger partial charge in [0.05, 0.1) is 12.4 Å². The van der Waals surface area contributed by atoms with Crippen LogP contribution in [0.4, 0.5) is 11.4 Å². The minimum atomic E-state index is 0.335. The molecule has 6 nitrogen and oxygen atoms in total. The Morgan fingerprint density at radius 2 is 1.03 bits per heavy atom. The summed E-state index contributed by atoms with van der Waals surface area (Å²) in [5, 5.41) is 8.66. The zero-order valence-corrected chi connectivity index (χ0v) is 19.1. The second-order valence-corrected chi connectivity index (χ2v) is 7.01. The second kappa shape index (κ2) is 12.6. The van der Waals surface area contributed by atoms with Crippen LogP contribution in [0.2, 0.25) is 0 Å². The molecule has 7 heteroatoms. The SMILES string of the molecule is CCN(CC)c1ccc(/C=N/NC(=S)N/N=C/c2ccc(N(CC)CC)cc2)cc1. The molecule has 0 aliphatic carbocycles. The van der Waals surface area contributed by atoms with Crippen LogP contribution in [-0.4, -0.2) is 43.7 Å². The number of nitrogens with one attached hydrogen (secondary N) is 2. The number of rotatable bonds is 10. The summed E-state index contributed by atoms with van der Waals surface area (Å²) in [6, 6.07) is 16.5. The third-order valence-corrected chi connectivity index (χ3v) is 4.99. The van der Waals surface area contributed by atoms with Gasteiger partial charge in [0.2, 0.25) is 5.11 Å². The summed E-state index contributed by atoms with van der Waals surface area (Å²) >= 11 is 5.19. The van der Waals surface area contributed by atoms with Gasteiger partial charge in [0.15, 0.2) is 0 Å². The number of anilines is 2. The largest absolute Gasteiger partial charge is 0.372 e. The van der Waals surface area contributed by atoms with Crippen molar-refractivity contribution in [3.63, 3.8) is 0 Å². The first kappa shape index (κ1) is 23.3. The third kappa shape index (κ3) is 7.15. The van der Waals surface area contributed by atoms with Gasteiger partial charge in [0, 0.05) is 37.6 Å². The standard InChI is InChI=1S/C23H32N6S/c1-5-28(6-2)21-13-9-19(10-14-21)17-24-26-23(30)27-25-18-20-11-15-22(16-12-20)29(7-3)8-4/h9-18H,5-8H2,1-4H3,(H2,26,27,30)/b24-17+,25-18+. The van der Waals surface area contributed by atoms with Crippen molar-refractivity contribution in [2.45, 2.75) is 27.7 Å². The van der Waals surface area contributed by atoms with Crippen LogP contribution < -0.4 is 20.7 Å². The van der Waals surface area contributed by atoms with Crippen LogP contribution in [0.3, 0.4) is 0 Å². The minimum Gasteiger partial charge on any atom is -0.372 e. The van der Waals surface area contributed by atoms with Crippen LogP contribution in [0.25, 0.3) is 0 Å². The van der Waals surface area contributed by atoms with Crippen LogP contribution in [0, 0.1) is 0 Å². The summed E-state index contributed by atoms with van der Waals surface area (Å²) in [5.74, 6) is 0. The lowest BCUT2D eigenvalue weighted by Crippen LogP contribution is -2.28. The topological polar surface area (TPSA) is 55.3 Å². The average molecular weight is 425 g/mol. The normalized spacial score (nSPS) is 11.1. The predicted molar refractivity (Wildman–Crippen MR) is 134 cm³/mol. The molecule has 0 amide bonds. The molecule has 0 spiro atoms. The van der Waals surface area contributed by atoms with Gasteiger partial charge in [-0.25, -0.2) is 0 Å². The van der Waals surface area contributed by atoms with Crippen LogP contribution in [0.1, 0.15) is 38.8 Å². The Balaban J connectivity index is 1.80. The molecular weight excluding hydrogens is 392 g/mol. The van der Waals surface area contributed by atoms with E-state index in [1.165, 1.54) is 11.4 Å². The van der Waals surface area contributed by atoms with Crippen LogP contribution in [-0.2, 0) is 0 Å². The van der Waals surface area contributed by atoms with Crippen LogP contribution in [0.5, 0.6) is 0 Å². The number of thiocarbonyl (C=S) groups is 1.